The van der Waals surface area contributed by atoms with Crippen LogP contribution in [0, 0.1) is 5.82 Å². The Labute approximate surface area is 137 Å². The predicted octanol–water partition coefficient (Wildman–Crippen LogP) is 2.68. The van der Waals surface area contributed by atoms with Gasteiger partial charge in [0.25, 0.3) is 5.91 Å². The van der Waals surface area contributed by atoms with Crippen LogP contribution in [0.15, 0.2) is 29.6 Å². The molecule has 1 aromatic heterocycles. The molecule has 116 valence electrons. The minimum atomic E-state index is -0.486. The van der Waals surface area contributed by atoms with Crippen LogP contribution < -0.4 is 10.2 Å². The number of fused-ring (bicyclic) bond motifs is 1. The van der Waals surface area contributed by atoms with Crippen LogP contribution in [0.3, 0.4) is 0 Å². The zero-order chi connectivity index (χ0) is 15.7. The molecule has 0 bridgehead atoms. The number of hydrogen-bond acceptors (Lipinski definition) is 2. The number of benzene rings is 1. The number of quaternary nitrogens is 1. The van der Waals surface area contributed by atoms with Gasteiger partial charge in [-0.2, -0.15) is 0 Å². The third-order valence-electron chi connectivity index (χ3n) is 4.12. The lowest BCUT2D eigenvalue weighted by molar-refractivity contribution is -0.923. The molecule has 0 saturated carbocycles. The summed E-state index contributed by atoms with van der Waals surface area (Å²) in [6.45, 7) is 3.50. The molecule has 6 heteroatoms. The van der Waals surface area contributed by atoms with Gasteiger partial charge < -0.3 is 10.2 Å². The fraction of sp³-hybridized carbons (Fsp3) is 0.312. The molecule has 1 unspecified atom stereocenters. The molecule has 3 rings (SSSR count). The van der Waals surface area contributed by atoms with E-state index in [9.17, 15) is 9.18 Å². The summed E-state index contributed by atoms with van der Waals surface area (Å²) >= 11 is 7.52. The van der Waals surface area contributed by atoms with E-state index in [4.69, 9.17) is 11.6 Å². The van der Waals surface area contributed by atoms with Gasteiger partial charge in [-0.1, -0.05) is 11.6 Å². The van der Waals surface area contributed by atoms with Gasteiger partial charge in [0.05, 0.1) is 11.6 Å². The van der Waals surface area contributed by atoms with Crippen molar-refractivity contribution in [3.8, 4) is 0 Å². The van der Waals surface area contributed by atoms with E-state index in [0.717, 1.165) is 13.0 Å². The van der Waals surface area contributed by atoms with Crippen molar-refractivity contribution in [1.82, 2.24) is 0 Å². The van der Waals surface area contributed by atoms with Crippen LogP contribution in [0.2, 0.25) is 5.02 Å². The molecule has 1 amide bonds. The first-order valence-electron chi connectivity index (χ1n) is 7.20. The van der Waals surface area contributed by atoms with Gasteiger partial charge in [-0.25, -0.2) is 4.39 Å². The fourth-order valence-electron chi connectivity index (χ4n) is 2.88. The molecule has 0 spiro atoms. The fourth-order valence-corrected chi connectivity index (χ4v) is 4.04. The topological polar surface area (TPSA) is 33.5 Å². The molecular formula is C16H17ClFN2OS+. The SMILES string of the molecule is C[C@H]1c2ccsc2CC[NH+]1CC(=O)Nc1ccc(F)c(Cl)c1. The molecule has 2 heterocycles. The second kappa shape index (κ2) is 6.36. The van der Waals surface area contributed by atoms with E-state index < -0.39 is 5.82 Å². The Morgan fingerprint density at radius 2 is 2.32 bits per heavy atom. The number of anilines is 1. The van der Waals surface area contributed by atoms with Crippen molar-refractivity contribution in [2.75, 3.05) is 18.4 Å². The highest BCUT2D eigenvalue weighted by Gasteiger charge is 2.29. The van der Waals surface area contributed by atoms with Crippen molar-refractivity contribution in [3.63, 3.8) is 0 Å². The molecule has 2 atom stereocenters. The van der Waals surface area contributed by atoms with Crippen molar-refractivity contribution in [2.24, 2.45) is 0 Å². The molecule has 0 radical (unpaired) electrons. The van der Waals surface area contributed by atoms with Crippen molar-refractivity contribution < 1.29 is 14.1 Å². The summed E-state index contributed by atoms with van der Waals surface area (Å²) < 4.78 is 13.1. The Morgan fingerprint density at radius 3 is 3.09 bits per heavy atom. The van der Waals surface area contributed by atoms with E-state index in [1.54, 1.807) is 11.3 Å². The van der Waals surface area contributed by atoms with Gasteiger partial charge in [-0.3, -0.25) is 4.79 Å². The molecule has 0 fully saturated rings. The summed E-state index contributed by atoms with van der Waals surface area (Å²) in [7, 11) is 0. The molecular weight excluding hydrogens is 323 g/mol. The lowest BCUT2D eigenvalue weighted by atomic mass is 10.0. The second-order valence-corrected chi connectivity index (χ2v) is 6.94. The molecule has 1 aliphatic heterocycles. The maximum atomic E-state index is 13.1. The van der Waals surface area contributed by atoms with Gasteiger partial charge >= 0.3 is 0 Å². The second-order valence-electron chi connectivity index (χ2n) is 5.53. The maximum Gasteiger partial charge on any atom is 0.279 e. The zero-order valence-corrected chi connectivity index (χ0v) is 13.7. The average molecular weight is 340 g/mol. The van der Waals surface area contributed by atoms with Gasteiger partial charge in [0.15, 0.2) is 6.54 Å². The maximum absolute atomic E-state index is 13.1. The predicted molar refractivity (Wildman–Crippen MR) is 87.2 cm³/mol. The molecule has 1 aromatic carbocycles. The number of carbonyl (C=O) groups is 1. The Hall–Kier alpha value is -1.43. The number of amides is 1. The van der Waals surface area contributed by atoms with Gasteiger partial charge in [-0.15, -0.1) is 11.3 Å². The number of hydrogen-bond donors (Lipinski definition) is 2. The van der Waals surface area contributed by atoms with Crippen molar-refractivity contribution in [3.05, 3.63) is 50.9 Å². The lowest BCUT2D eigenvalue weighted by Crippen LogP contribution is -3.14. The molecule has 0 saturated heterocycles. The number of nitrogens with one attached hydrogen (secondary N) is 2. The minimum Gasteiger partial charge on any atom is -0.321 e. The van der Waals surface area contributed by atoms with Crippen LogP contribution in [0.4, 0.5) is 10.1 Å². The first-order chi connectivity index (χ1) is 10.5. The number of halogens is 2. The lowest BCUT2D eigenvalue weighted by Gasteiger charge is -2.29. The summed E-state index contributed by atoms with van der Waals surface area (Å²) in [5.41, 5.74) is 1.88. The van der Waals surface area contributed by atoms with E-state index in [-0.39, 0.29) is 10.9 Å². The average Bonchev–Trinajstić information content (AvgIpc) is 2.95. The van der Waals surface area contributed by atoms with E-state index in [2.05, 4.69) is 23.7 Å². The smallest absolute Gasteiger partial charge is 0.279 e. The van der Waals surface area contributed by atoms with Crippen molar-refractivity contribution in [2.45, 2.75) is 19.4 Å². The van der Waals surface area contributed by atoms with Crippen LogP contribution in [0.25, 0.3) is 0 Å². The summed E-state index contributed by atoms with van der Waals surface area (Å²) in [4.78, 5) is 14.9. The van der Waals surface area contributed by atoms with E-state index in [1.807, 2.05) is 0 Å². The van der Waals surface area contributed by atoms with Gasteiger partial charge in [0.2, 0.25) is 0 Å². The molecule has 1 aliphatic rings. The normalized spacial score (nSPS) is 20.5. The largest absolute Gasteiger partial charge is 0.321 e. The summed E-state index contributed by atoms with van der Waals surface area (Å²) in [5.74, 6) is -0.567. The van der Waals surface area contributed by atoms with Crippen LogP contribution >= 0.6 is 22.9 Å². The Bertz CT molecular complexity index is 703. The number of thiophene rings is 1. The summed E-state index contributed by atoms with van der Waals surface area (Å²) in [6, 6.07) is 6.68. The van der Waals surface area contributed by atoms with Gasteiger partial charge in [0.1, 0.15) is 11.9 Å². The third-order valence-corrected chi connectivity index (χ3v) is 5.41. The van der Waals surface area contributed by atoms with Gasteiger partial charge in [0, 0.05) is 22.5 Å². The molecule has 22 heavy (non-hydrogen) atoms. The molecule has 2 N–H and O–H groups in total. The summed E-state index contributed by atoms with van der Waals surface area (Å²) in [6.07, 6.45) is 1.02. The van der Waals surface area contributed by atoms with Crippen LogP contribution in [-0.4, -0.2) is 19.0 Å². The van der Waals surface area contributed by atoms with E-state index in [0.29, 0.717) is 18.3 Å². The van der Waals surface area contributed by atoms with Crippen LogP contribution in [0.1, 0.15) is 23.4 Å². The summed E-state index contributed by atoms with van der Waals surface area (Å²) in [5, 5.41) is 4.92. The zero-order valence-electron chi connectivity index (χ0n) is 12.2. The highest BCUT2D eigenvalue weighted by atomic mass is 35.5. The third kappa shape index (κ3) is 3.16. The van der Waals surface area contributed by atoms with E-state index >= 15 is 0 Å². The molecule has 3 nitrogen and oxygen atoms in total. The van der Waals surface area contributed by atoms with Crippen molar-refractivity contribution in [1.29, 1.82) is 0 Å². The number of rotatable bonds is 3. The van der Waals surface area contributed by atoms with Crippen LogP contribution in [0.5, 0.6) is 0 Å². The van der Waals surface area contributed by atoms with Crippen LogP contribution in [-0.2, 0) is 11.2 Å². The first-order valence-corrected chi connectivity index (χ1v) is 8.46. The highest BCUT2D eigenvalue weighted by Crippen LogP contribution is 2.24. The van der Waals surface area contributed by atoms with Gasteiger partial charge in [-0.05, 0) is 36.6 Å². The van der Waals surface area contributed by atoms with Crippen molar-refractivity contribution >= 4 is 34.5 Å². The standard InChI is InChI=1S/C16H16ClFN2OS/c1-10-12-5-7-22-15(12)4-6-20(10)9-16(21)19-11-2-3-14(18)13(17)8-11/h2-3,5,7-8,10H,4,6,9H2,1H3,(H,19,21)/p+1/t10-/m0/s1. The Kier molecular flexibility index (Phi) is 4.47. The highest BCUT2D eigenvalue weighted by molar-refractivity contribution is 7.10. The molecule has 0 aliphatic carbocycles. The Morgan fingerprint density at radius 1 is 1.50 bits per heavy atom. The molecule has 2 aromatic rings. The van der Waals surface area contributed by atoms with E-state index in [1.165, 1.54) is 33.5 Å². The first kappa shape index (κ1) is 15.5. The quantitative estimate of drug-likeness (QED) is 0.885. The Balaban J connectivity index is 1.64. The number of carbonyl (C=O) groups excluding carboxylic acids is 1. The minimum absolute atomic E-state index is 0.0133. The monoisotopic (exact) mass is 339 g/mol.